The van der Waals surface area contributed by atoms with Crippen molar-refractivity contribution in [2.24, 2.45) is 11.8 Å². The van der Waals surface area contributed by atoms with E-state index in [-0.39, 0.29) is 23.4 Å². The predicted molar refractivity (Wildman–Crippen MR) is 60.0 cm³/mol. The fourth-order valence-corrected chi connectivity index (χ4v) is 3.08. The second kappa shape index (κ2) is 3.55. The van der Waals surface area contributed by atoms with Crippen molar-refractivity contribution in [3.63, 3.8) is 0 Å². The average Bonchev–Trinajstić information content (AvgIpc) is 2.75. The average molecular weight is 214 g/mol. The molecule has 0 heterocycles. The molecule has 2 heteroatoms. The maximum absolute atomic E-state index is 12.2. The first kappa shape index (κ1) is 9.76. The smallest absolute Gasteiger partial charge is 0.150 e. The number of carbonyl (C=O) groups is 2. The Morgan fingerprint density at radius 3 is 2.00 bits per heavy atom. The van der Waals surface area contributed by atoms with Gasteiger partial charge in [-0.3, -0.25) is 9.59 Å². The zero-order valence-electron chi connectivity index (χ0n) is 9.06. The summed E-state index contributed by atoms with van der Waals surface area (Å²) in [7, 11) is 0. The third kappa shape index (κ3) is 1.33. The molecule has 0 spiro atoms. The molecule has 0 radical (unpaired) electrons. The van der Waals surface area contributed by atoms with Crippen LogP contribution in [-0.2, 0) is 9.59 Å². The van der Waals surface area contributed by atoms with Gasteiger partial charge in [0.15, 0.2) is 11.6 Å². The highest BCUT2D eigenvalue weighted by Gasteiger charge is 2.47. The van der Waals surface area contributed by atoms with Crippen LogP contribution < -0.4 is 0 Å². The van der Waals surface area contributed by atoms with E-state index in [9.17, 15) is 9.59 Å². The molecule has 0 N–H and O–H groups in total. The molecule has 0 aliphatic heterocycles. The second-order valence-electron chi connectivity index (χ2n) is 4.86. The SMILES string of the molecule is O=C1C2CCC(C2)C(=O)C1c1ccccc1. The minimum absolute atomic E-state index is 0.146. The Hall–Kier alpha value is -1.44. The lowest BCUT2D eigenvalue weighted by Crippen LogP contribution is -2.34. The summed E-state index contributed by atoms with van der Waals surface area (Å²) in [4.78, 5) is 24.3. The van der Waals surface area contributed by atoms with Crippen molar-refractivity contribution in [1.29, 1.82) is 0 Å². The minimum atomic E-state index is -0.465. The van der Waals surface area contributed by atoms with Gasteiger partial charge in [0.25, 0.3) is 0 Å². The topological polar surface area (TPSA) is 34.1 Å². The molecule has 2 fully saturated rings. The van der Waals surface area contributed by atoms with Gasteiger partial charge in [0.1, 0.15) is 5.92 Å². The molecule has 3 rings (SSSR count). The molecule has 1 aromatic rings. The van der Waals surface area contributed by atoms with Crippen LogP contribution in [0.5, 0.6) is 0 Å². The van der Waals surface area contributed by atoms with Crippen LogP contribution >= 0.6 is 0 Å². The number of carbonyl (C=O) groups excluding carboxylic acids is 2. The van der Waals surface area contributed by atoms with Crippen LogP contribution in [0.25, 0.3) is 0 Å². The van der Waals surface area contributed by atoms with Gasteiger partial charge in [0.05, 0.1) is 0 Å². The summed E-state index contributed by atoms with van der Waals surface area (Å²) >= 11 is 0. The van der Waals surface area contributed by atoms with E-state index < -0.39 is 5.92 Å². The molecule has 2 unspecified atom stereocenters. The Morgan fingerprint density at radius 2 is 1.44 bits per heavy atom. The summed E-state index contributed by atoms with van der Waals surface area (Å²) in [5.41, 5.74) is 0.883. The molecule has 2 saturated carbocycles. The molecule has 82 valence electrons. The quantitative estimate of drug-likeness (QED) is 0.672. The Kier molecular flexibility index (Phi) is 2.16. The molecule has 2 aliphatic rings. The summed E-state index contributed by atoms with van der Waals surface area (Å²) in [5, 5.41) is 0. The third-order valence-electron chi connectivity index (χ3n) is 3.94. The maximum atomic E-state index is 12.2. The minimum Gasteiger partial charge on any atom is -0.298 e. The monoisotopic (exact) mass is 214 g/mol. The summed E-state index contributed by atoms with van der Waals surface area (Å²) in [5.74, 6) is 0.142. The number of fused-ring (bicyclic) bond motifs is 2. The number of ketones is 2. The van der Waals surface area contributed by atoms with E-state index in [0.717, 1.165) is 24.8 Å². The van der Waals surface area contributed by atoms with Crippen molar-refractivity contribution in [3.8, 4) is 0 Å². The number of hydrogen-bond donors (Lipinski definition) is 0. The Morgan fingerprint density at radius 1 is 0.875 bits per heavy atom. The number of rotatable bonds is 1. The third-order valence-corrected chi connectivity index (χ3v) is 3.94. The van der Waals surface area contributed by atoms with E-state index in [2.05, 4.69) is 0 Å². The summed E-state index contributed by atoms with van der Waals surface area (Å²) < 4.78 is 0. The first-order valence-corrected chi connectivity index (χ1v) is 5.90. The maximum Gasteiger partial charge on any atom is 0.150 e. The Labute approximate surface area is 94.7 Å². The van der Waals surface area contributed by atoms with E-state index >= 15 is 0 Å². The molecule has 0 amide bonds. The van der Waals surface area contributed by atoms with Gasteiger partial charge in [0, 0.05) is 11.8 Å². The zero-order valence-corrected chi connectivity index (χ0v) is 9.06. The second-order valence-corrected chi connectivity index (χ2v) is 4.86. The lowest BCUT2D eigenvalue weighted by atomic mass is 9.75. The van der Waals surface area contributed by atoms with Gasteiger partial charge < -0.3 is 0 Å². The number of benzene rings is 1. The first-order chi connectivity index (χ1) is 7.77. The normalized spacial score (nSPS) is 33.1. The first-order valence-electron chi connectivity index (χ1n) is 5.90. The van der Waals surface area contributed by atoms with Crippen LogP contribution in [0, 0.1) is 11.8 Å². The summed E-state index contributed by atoms with van der Waals surface area (Å²) in [6.07, 6.45) is 2.64. The predicted octanol–water partition coefficient (Wildman–Crippen LogP) is 2.34. The lowest BCUT2D eigenvalue weighted by Gasteiger charge is -2.25. The van der Waals surface area contributed by atoms with Crippen molar-refractivity contribution >= 4 is 11.6 Å². The van der Waals surface area contributed by atoms with Crippen molar-refractivity contribution in [2.75, 3.05) is 0 Å². The number of Topliss-reactive ketones (excluding diaryl/α,β-unsaturated/α-hetero) is 2. The van der Waals surface area contributed by atoms with Gasteiger partial charge in [-0.25, -0.2) is 0 Å². The summed E-state index contributed by atoms with van der Waals surface area (Å²) in [6.45, 7) is 0. The van der Waals surface area contributed by atoms with Gasteiger partial charge in [0.2, 0.25) is 0 Å². The van der Waals surface area contributed by atoms with E-state index in [4.69, 9.17) is 0 Å². The van der Waals surface area contributed by atoms with Crippen molar-refractivity contribution in [3.05, 3.63) is 35.9 Å². The molecule has 2 atom stereocenters. The molecule has 16 heavy (non-hydrogen) atoms. The molecule has 2 aliphatic carbocycles. The van der Waals surface area contributed by atoms with Gasteiger partial charge in [-0.15, -0.1) is 0 Å². The summed E-state index contributed by atoms with van der Waals surface area (Å²) in [6, 6.07) is 9.49. The largest absolute Gasteiger partial charge is 0.298 e. The Bertz CT molecular complexity index is 413. The van der Waals surface area contributed by atoms with Gasteiger partial charge in [-0.05, 0) is 24.8 Å². The van der Waals surface area contributed by atoms with Crippen LogP contribution in [0.4, 0.5) is 0 Å². The van der Waals surface area contributed by atoms with E-state index in [1.165, 1.54) is 0 Å². The van der Waals surface area contributed by atoms with Crippen molar-refractivity contribution in [2.45, 2.75) is 25.2 Å². The lowest BCUT2D eigenvalue weighted by molar-refractivity contribution is -0.135. The fraction of sp³-hybridized carbons (Fsp3) is 0.429. The van der Waals surface area contributed by atoms with Gasteiger partial charge >= 0.3 is 0 Å². The molecule has 2 nitrogen and oxygen atoms in total. The number of hydrogen-bond acceptors (Lipinski definition) is 2. The fourth-order valence-electron chi connectivity index (χ4n) is 3.08. The van der Waals surface area contributed by atoms with Crippen LogP contribution in [0.1, 0.15) is 30.7 Å². The van der Waals surface area contributed by atoms with E-state index in [1.807, 2.05) is 30.3 Å². The standard InChI is InChI=1S/C14H14O2/c15-13-10-6-7-11(8-10)14(16)12(13)9-4-2-1-3-5-9/h1-5,10-12H,6-8H2. The molecule has 0 aromatic heterocycles. The van der Waals surface area contributed by atoms with Crippen LogP contribution in [0.3, 0.4) is 0 Å². The molecule has 1 aromatic carbocycles. The highest BCUT2D eigenvalue weighted by atomic mass is 16.2. The van der Waals surface area contributed by atoms with Gasteiger partial charge in [-0.2, -0.15) is 0 Å². The Balaban J connectivity index is 2.01. The molecular weight excluding hydrogens is 200 g/mol. The highest BCUT2D eigenvalue weighted by molar-refractivity contribution is 6.12. The highest BCUT2D eigenvalue weighted by Crippen LogP contribution is 2.43. The molecular formula is C14H14O2. The van der Waals surface area contributed by atoms with Crippen LogP contribution in [0.15, 0.2) is 30.3 Å². The van der Waals surface area contributed by atoms with Crippen LogP contribution in [-0.4, -0.2) is 11.6 Å². The molecule has 2 bridgehead atoms. The van der Waals surface area contributed by atoms with E-state index in [0.29, 0.717) is 0 Å². The molecule has 0 saturated heterocycles. The van der Waals surface area contributed by atoms with Crippen molar-refractivity contribution < 1.29 is 9.59 Å². The van der Waals surface area contributed by atoms with Crippen molar-refractivity contribution in [1.82, 2.24) is 0 Å². The van der Waals surface area contributed by atoms with Gasteiger partial charge in [-0.1, -0.05) is 30.3 Å². The van der Waals surface area contributed by atoms with E-state index in [1.54, 1.807) is 0 Å². The zero-order chi connectivity index (χ0) is 11.1. The van der Waals surface area contributed by atoms with Crippen LogP contribution in [0.2, 0.25) is 0 Å².